The SMILES string of the molecule is CCCCCCCCCCCCO.CCCCCCCCCCCCOC(=O)c1cc(Br)sc1Br.ClCCl.O=C(O)c1cc(Br)sc1Br. The third-order valence-corrected chi connectivity index (χ3v) is 11.7. The lowest BCUT2D eigenvalue weighted by Gasteiger charge is -2.04. The second kappa shape index (κ2) is 37.6. The molecule has 2 heterocycles. The fraction of sp³-hybridized carbons (Fsp3) is 0.714. The van der Waals surface area contributed by atoms with E-state index in [4.69, 9.17) is 38.2 Å². The fourth-order valence-corrected chi connectivity index (χ4v) is 9.94. The maximum absolute atomic E-state index is 11.9. The molecule has 0 spiro atoms. The van der Waals surface area contributed by atoms with Gasteiger partial charge in [0.25, 0.3) is 0 Å². The highest BCUT2D eigenvalue weighted by Crippen LogP contribution is 2.32. The first-order valence-corrected chi connectivity index (χ1v) is 23.0. The predicted molar refractivity (Wildman–Crippen MR) is 224 cm³/mol. The Bertz CT molecular complexity index is 1030. The lowest BCUT2D eigenvalue weighted by Crippen LogP contribution is -2.05. The molecule has 0 saturated carbocycles. The van der Waals surface area contributed by atoms with Crippen LogP contribution in [0.15, 0.2) is 27.3 Å². The van der Waals surface area contributed by atoms with Gasteiger partial charge >= 0.3 is 11.9 Å². The van der Waals surface area contributed by atoms with Crippen LogP contribution in [0.4, 0.5) is 0 Å². The van der Waals surface area contributed by atoms with E-state index < -0.39 is 5.97 Å². The lowest BCUT2D eigenvalue weighted by molar-refractivity contribution is 0.0496. The smallest absolute Gasteiger partial charge is 0.340 e. The lowest BCUT2D eigenvalue weighted by atomic mass is 10.1. The summed E-state index contributed by atoms with van der Waals surface area (Å²) in [6.45, 7) is 5.41. The molecule has 2 aromatic heterocycles. The Kier molecular flexibility index (Phi) is 39.8. The molecule has 48 heavy (non-hydrogen) atoms. The molecule has 2 aromatic rings. The molecule has 0 amide bonds. The molecule has 2 N–H and O–H groups in total. The van der Waals surface area contributed by atoms with Crippen LogP contribution in [0.5, 0.6) is 0 Å². The molecule has 5 nitrogen and oxygen atoms in total. The van der Waals surface area contributed by atoms with Crippen LogP contribution in [-0.2, 0) is 4.74 Å². The first-order valence-electron chi connectivity index (χ1n) is 17.1. The normalized spacial score (nSPS) is 10.3. The quantitative estimate of drug-likeness (QED) is 0.0658. The van der Waals surface area contributed by atoms with Gasteiger partial charge in [-0.25, -0.2) is 9.59 Å². The van der Waals surface area contributed by atoms with Gasteiger partial charge in [-0.2, -0.15) is 0 Å². The molecule has 0 saturated heterocycles. The van der Waals surface area contributed by atoms with Crippen LogP contribution in [0.3, 0.4) is 0 Å². The Labute approximate surface area is 342 Å². The number of carboxylic acid groups (broad SMARTS) is 1. The Hall–Kier alpha value is 0.800. The molecule has 2 rings (SSSR count). The van der Waals surface area contributed by atoms with Gasteiger partial charge in [0.05, 0.1) is 38.2 Å². The van der Waals surface area contributed by atoms with Crippen molar-refractivity contribution in [2.24, 2.45) is 0 Å². The topological polar surface area (TPSA) is 83.8 Å². The number of aliphatic hydroxyl groups is 1. The van der Waals surface area contributed by atoms with Gasteiger partial charge in [0, 0.05) is 6.61 Å². The number of hydrogen-bond donors (Lipinski definition) is 2. The van der Waals surface area contributed by atoms with E-state index in [1.54, 1.807) is 12.1 Å². The Balaban J connectivity index is 0. The van der Waals surface area contributed by atoms with E-state index in [2.05, 4.69) is 77.6 Å². The van der Waals surface area contributed by atoms with E-state index in [0.717, 1.165) is 30.6 Å². The average molecular weight is 1010 g/mol. The third kappa shape index (κ3) is 31.5. The Morgan fingerprint density at radius 3 is 1.25 bits per heavy atom. The molecular formula is C35H56Br4Cl2O5S2. The summed E-state index contributed by atoms with van der Waals surface area (Å²) < 4.78 is 8.53. The zero-order valence-corrected chi connectivity index (χ0v) is 38.1. The number of thiophene rings is 2. The molecule has 0 aromatic carbocycles. The summed E-state index contributed by atoms with van der Waals surface area (Å²) in [5.41, 5.74) is 0.917. The van der Waals surface area contributed by atoms with Crippen molar-refractivity contribution in [1.82, 2.24) is 0 Å². The summed E-state index contributed by atoms with van der Waals surface area (Å²) in [5.74, 6) is -1.14. The van der Waals surface area contributed by atoms with Crippen LogP contribution in [0.25, 0.3) is 0 Å². The number of carbonyl (C=O) groups is 2. The number of unbranched alkanes of at least 4 members (excludes halogenated alkanes) is 18. The monoisotopic (exact) mass is 1010 g/mol. The van der Waals surface area contributed by atoms with Crippen molar-refractivity contribution in [3.8, 4) is 0 Å². The maximum Gasteiger partial charge on any atom is 0.340 e. The van der Waals surface area contributed by atoms with Crippen molar-refractivity contribution in [3.63, 3.8) is 0 Å². The Morgan fingerprint density at radius 2 is 0.958 bits per heavy atom. The minimum atomic E-state index is -0.908. The summed E-state index contributed by atoms with van der Waals surface area (Å²) in [5, 5.41) is 17.3. The van der Waals surface area contributed by atoms with Crippen LogP contribution in [0.2, 0.25) is 0 Å². The molecule has 280 valence electrons. The van der Waals surface area contributed by atoms with Gasteiger partial charge in [-0.1, -0.05) is 129 Å². The molecule has 0 aliphatic carbocycles. The number of carboxylic acids is 1. The zero-order chi connectivity index (χ0) is 36.4. The van der Waals surface area contributed by atoms with E-state index in [1.807, 2.05) is 0 Å². The number of rotatable bonds is 23. The number of esters is 1. The van der Waals surface area contributed by atoms with E-state index in [1.165, 1.54) is 132 Å². The van der Waals surface area contributed by atoms with Crippen molar-refractivity contribution in [2.45, 2.75) is 142 Å². The van der Waals surface area contributed by atoms with Crippen LogP contribution in [-0.4, -0.2) is 40.7 Å². The maximum atomic E-state index is 11.9. The van der Waals surface area contributed by atoms with Gasteiger partial charge in [-0.15, -0.1) is 45.9 Å². The fourth-order valence-electron chi connectivity index (χ4n) is 4.40. The third-order valence-electron chi connectivity index (χ3n) is 7.01. The van der Waals surface area contributed by atoms with E-state index in [0.29, 0.717) is 28.1 Å². The standard InChI is InChI=1S/C17H26Br2O2S.C12H26O.C5H2Br2O2S.CH2Cl2/c1-2-3-4-5-6-7-8-9-10-11-12-21-17(20)14-13-15(18)22-16(14)19;1-2-3-4-5-6-7-8-9-10-11-12-13;6-3-1-2(5(8)9)4(7)10-3;2-1-3/h13H,2-12H2,1H3;13H,2-12H2,1H3;1H,(H,8,9);1H2. The van der Waals surface area contributed by atoms with Crippen molar-refractivity contribution in [3.05, 3.63) is 38.4 Å². The van der Waals surface area contributed by atoms with Gasteiger partial charge in [-0.05, 0) is 88.7 Å². The molecule has 0 radical (unpaired) electrons. The summed E-state index contributed by atoms with van der Waals surface area (Å²) in [7, 11) is 0. The number of halogens is 6. The molecular weight excluding hydrogens is 955 g/mol. The number of carbonyl (C=O) groups excluding carboxylic acids is 1. The molecule has 13 heteroatoms. The average Bonchev–Trinajstić information content (AvgIpc) is 3.58. The highest BCUT2D eigenvalue weighted by atomic mass is 79.9. The highest BCUT2D eigenvalue weighted by molar-refractivity contribution is 9.12. The molecule has 0 unspecified atom stereocenters. The number of aliphatic hydroxyl groups excluding tert-OH is 1. The van der Waals surface area contributed by atoms with Crippen LogP contribution < -0.4 is 0 Å². The van der Waals surface area contributed by atoms with Crippen molar-refractivity contribution in [1.29, 1.82) is 0 Å². The first-order chi connectivity index (χ1) is 23.1. The van der Waals surface area contributed by atoms with E-state index >= 15 is 0 Å². The molecule has 0 fully saturated rings. The molecule has 0 aliphatic rings. The minimum Gasteiger partial charge on any atom is -0.478 e. The number of alkyl halides is 2. The van der Waals surface area contributed by atoms with Crippen LogP contribution >= 0.6 is 110 Å². The zero-order valence-electron chi connectivity index (χ0n) is 28.6. The van der Waals surface area contributed by atoms with Gasteiger partial charge in [0.15, 0.2) is 0 Å². The summed E-state index contributed by atoms with van der Waals surface area (Å²) in [6.07, 6.45) is 26.2. The van der Waals surface area contributed by atoms with Crippen molar-refractivity contribution >= 4 is 122 Å². The van der Waals surface area contributed by atoms with E-state index in [9.17, 15) is 9.59 Å². The van der Waals surface area contributed by atoms with Crippen molar-refractivity contribution in [2.75, 3.05) is 18.6 Å². The molecule has 0 aliphatic heterocycles. The summed E-state index contributed by atoms with van der Waals surface area (Å²) in [6, 6.07) is 3.37. The second-order valence-electron chi connectivity index (χ2n) is 11.1. The van der Waals surface area contributed by atoms with Gasteiger partial charge in [0.2, 0.25) is 0 Å². The van der Waals surface area contributed by atoms with Gasteiger partial charge in [0.1, 0.15) is 0 Å². The van der Waals surface area contributed by atoms with Gasteiger partial charge in [-0.3, -0.25) is 0 Å². The Morgan fingerprint density at radius 1 is 0.625 bits per heavy atom. The van der Waals surface area contributed by atoms with E-state index in [-0.39, 0.29) is 11.3 Å². The predicted octanol–water partition coefficient (Wildman–Crippen LogP) is 15.6. The summed E-state index contributed by atoms with van der Waals surface area (Å²) in [4.78, 5) is 22.3. The number of aromatic carboxylic acids is 1. The number of ether oxygens (including phenoxy) is 1. The summed E-state index contributed by atoms with van der Waals surface area (Å²) >= 11 is 25.4. The van der Waals surface area contributed by atoms with Crippen molar-refractivity contribution < 1.29 is 24.5 Å². The van der Waals surface area contributed by atoms with Crippen LogP contribution in [0.1, 0.15) is 163 Å². The molecule has 0 atom stereocenters. The largest absolute Gasteiger partial charge is 0.478 e. The van der Waals surface area contributed by atoms with Gasteiger partial charge < -0.3 is 14.9 Å². The second-order valence-corrected chi connectivity index (χ2v) is 19.4. The van der Waals surface area contributed by atoms with Crippen LogP contribution in [0, 0.1) is 0 Å². The molecule has 0 bridgehead atoms. The minimum absolute atomic E-state index is 0.194. The highest BCUT2D eigenvalue weighted by Gasteiger charge is 2.14. The number of hydrogen-bond acceptors (Lipinski definition) is 6. The first kappa shape index (κ1) is 50.9.